The summed E-state index contributed by atoms with van der Waals surface area (Å²) in [6.07, 6.45) is 6.37. The van der Waals surface area contributed by atoms with Gasteiger partial charge in [-0.15, -0.1) is 6.42 Å². The second kappa shape index (κ2) is 5.96. The fraction of sp³-hybridized carbons (Fsp3) is 0.143. The second-order valence-electron chi connectivity index (χ2n) is 3.99. The zero-order valence-corrected chi connectivity index (χ0v) is 11.0. The number of carbonyl (C=O) groups is 2. The highest BCUT2D eigenvalue weighted by Gasteiger charge is 2.23. The molecule has 108 valence electrons. The van der Waals surface area contributed by atoms with Crippen molar-refractivity contribution >= 4 is 18.0 Å². The highest BCUT2D eigenvalue weighted by molar-refractivity contribution is 6.14. The molecule has 0 aliphatic carbocycles. The largest absolute Gasteiger partial charge is 0.493 e. The van der Waals surface area contributed by atoms with Crippen LogP contribution in [-0.4, -0.2) is 25.7 Å². The van der Waals surface area contributed by atoms with E-state index in [1.54, 1.807) is 0 Å². The predicted molar refractivity (Wildman–Crippen MR) is 71.9 cm³/mol. The van der Waals surface area contributed by atoms with Crippen LogP contribution >= 0.6 is 0 Å². The van der Waals surface area contributed by atoms with Crippen molar-refractivity contribution in [2.45, 2.75) is 0 Å². The first-order valence-electron chi connectivity index (χ1n) is 5.83. The third-order valence-corrected chi connectivity index (χ3v) is 2.58. The molecule has 1 aliphatic rings. The molecule has 0 aromatic heterocycles. The highest BCUT2D eigenvalue weighted by atomic mass is 19.1. The number of imide groups is 1. The minimum atomic E-state index is -0.693. The number of halogens is 1. The van der Waals surface area contributed by atoms with Crippen molar-refractivity contribution in [1.82, 2.24) is 10.6 Å². The Morgan fingerprint density at radius 2 is 2.14 bits per heavy atom. The molecule has 1 aromatic carbocycles. The molecule has 1 heterocycles. The number of methoxy groups -OCH3 is 1. The average Bonchev–Trinajstić information content (AvgIpc) is 2.75. The number of hydrogen-bond acceptors (Lipinski definition) is 4. The van der Waals surface area contributed by atoms with Gasteiger partial charge in [0.1, 0.15) is 12.3 Å². The molecule has 2 rings (SSSR count). The Bertz CT molecular complexity index is 676. The molecule has 1 aliphatic heterocycles. The van der Waals surface area contributed by atoms with Crippen molar-refractivity contribution in [1.29, 1.82) is 0 Å². The highest BCUT2D eigenvalue weighted by Crippen LogP contribution is 2.32. The molecular weight excluding hydrogens is 279 g/mol. The predicted octanol–water partition coefficient (Wildman–Crippen LogP) is 1.03. The maximum atomic E-state index is 14.0. The van der Waals surface area contributed by atoms with E-state index in [1.165, 1.54) is 19.3 Å². The third kappa shape index (κ3) is 3.12. The maximum Gasteiger partial charge on any atom is 0.326 e. The van der Waals surface area contributed by atoms with E-state index in [9.17, 15) is 14.0 Å². The quantitative estimate of drug-likeness (QED) is 0.493. The third-order valence-electron chi connectivity index (χ3n) is 2.58. The molecule has 0 unspecified atom stereocenters. The fourth-order valence-corrected chi connectivity index (χ4v) is 1.73. The first-order valence-corrected chi connectivity index (χ1v) is 5.83. The Hall–Kier alpha value is -3.01. The van der Waals surface area contributed by atoms with Crippen LogP contribution in [0.3, 0.4) is 0 Å². The van der Waals surface area contributed by atoms with Crippen LogP contribution in [0.2, 0.25) is 0 Å². The lowest BCUT2D eigenvalue weighted by atomic mass is 10.1. The van der Waals surface area contributed by atoms with Crippen molar-refractivity contribution in [2.24, 2.45) is 0 Å². The number of hydrogen-bond donors (Lipinski definition) is 2. The summed E-state index contributed by atoms with van der Waals surface area (Å²) >= 11 is 0. The van der Waals surface area contributed by atoms with E-state index < -0.39 is 17.8 Å². The minimum Gasteiger partial charge on any atom is -0.493 e. The van der Waals surface area contributed by atoms with Gasteiger partial charge in [0, 0.05) is 0 Å². The van der Waals surface area contributed by atoms with Crippen molar-refractivity contribution in [3.8, 4) is 23.8 Å². The normalized spacial score (nSPS) is 15.4. The smallest absolute Gasteiger partial charge is 0.326 e. The Morgan fingerprint density at radius 1 is 1.38 bits per heavy atom. The van der Waals surface area contributed by atoms with E-state index in [0.29, 0.717) is 5.56 Å². The van der Waals surface area contributed by atoms with Crippen LogP contribution in [-0.2, 0) is 4.79 Å². The zero-order chi connectivity index (χ0) is 15.4. The van der Waals surface area contributed by atoms with Crippen LogP contribution in [0.4, 0.5) is 9.18 Å². The molecule has 21 heavy (non-hydrogen) atoms. The molecule has 1 fully saturated rings. The number of benzene rings is 1. The van der Waals surface area contributed by atoms with Crippen LogP contribution in [0.25, 0.3) is 6.08 Å². The summed E-state index contributed by atoms with van der Waals surface area (Å²) in [6, 6.07) is 1.96. The van der Waals surface area contributed by atoms with E-state index in [0.717, 1.165) is 6.07 Å². The molecule has 0 spiro atoms. The lowest BCUT2D eigenvalue weighted by Crippen LogP contribution is -2.22. The number of urea groups is 1. The SMILES string of the molecule is C#CCOc1c(F)cc(/C=C2/NC(=O)NC2=O)cc1OC. The van der Waals surface area contributed by atoms with Gasteiger partial charge in [0.15, 0.2) is 17.3 Å². The van der Waals surface area contributed by atoms with Gasteiger partial charge in [-0.25, -0.2) is 9.18 Å². The van der Waals surface area contributed by atoms with E-state index in [2.05, 4.69) is 11.2 Å². The second-order valence-corrected chi connectivity index (χ2v) is 3.99. The molecule has 1 aromatic rings. The van der Waals surface area contributed by atoms with Crippen LogP contribution in [0, 0.1) is 18.2 Å². The van der Waals surface area contributed by atoms with Gasteiger partial charge in [0.25, 0.3) is 5.91 Å². The van der Waals surface area contributed by atoms with Crippen molar-refractivity contribution in [3.63, 3.8) is 0 Å². The molecule has 7 heteroatoms. The average molecular weight is 290 g/mol. The summed E-state index contributed by atoms with van der Waals surface area (Å²) in [5.74, 6) is 0.951. The Balaban J connectivity index is 2.37. The zero-order valence-electron chi connectivity index (χ0n) is 11.0. The number of rotatable bonds is 4. The van der Waals surface area contributed by atoms with Gasteiger partial charge >= 0.3 is 6.03 Å². The summed E-state index contributed by atoms with van der Waals surface area (Å²) < 4.78 is 24.1. The van der Waals surface area contributed by atoms with E-state index >= 15 is 0 Å². The first-order chi connectivity index (χ1) is 10.0. The van der Waals surface area contributed by atoms with Gasteiger partial charge in [-0.05, 0) is 23.8 Å². The molecule has 2 N–H and O–H groups in total. The fourth-order valence-electron chi connectivity index (χ4n) is 1.73. The summed E-state index contributed by atoms with van der Waals surface area (Å²) in [6.45, 7) is -0.105. The number of carbonyl (C=O) groups excluding carboxylic acids is 2. The van der Waals surface area contributed by atoms with E-state index in [-0.39, 0.29) is 23.8 Å². The summed E-state index contributed by atoms with van der Waals surface area (Å²) in [5.41, 5.74) is 0.337. The molecule has 0 radical (unpaired) electrons. The molecule has 0 atom stereocenters. The molecular formula is C14H11FN2O4. The lowest BCUT2D eigenvalue weighted by Gasteiger charge is -2.10. The topological polar surface area (TPSA) is 76.7 Å². The number of nitrogens with one attached hydrogen (secondary N) is 2. The molecule has 0 saturated carbocycles. The lowest BCUT2D eigenvalue weighted by molar-refractivity contribution is -0.115. The Morgan fingerprint density at radius 3 is 2.71 bits per heavy atom. The Labute approximate surface area is 119 Å². The van der Waals surface area contributed by atoms with Crippen molar-refractivity contribution < 1.29 is 23.5 Å². The summed E-state index contributed by atoms with van der Waals surface area (Å²) in [5, 5.41) is 4.34. The molecule has 6 nitrogen and oxygen atoms in total. The first kappa shape index (κ1) is 14.4. The van der Waals surface area contributed by atoms with Crippen molar-refractivity contribution in [2.75, 3.05) is 13.7 Å². The van der Waals surface area contributed by atoms with Gasteiger partial charge in [0.05, 0.1) is 7.11 Å². The van der Waals surface area contributed by atoms with Crippen LogP contribution < -0.4 is 20.1 Å². The van der Waals surface area contributed by atoms with Crippen LogP contribution in [0.15, 0.2) is 17.8 Å². The van der Waals surface area contributed by atoms with Crippen LogP contribution in [0.1, 0.15) is 5.56 Å². The molecule has 0 bridgehead atoms. The standard InChI is InChI=1S/C14H11FN2O4/c1-3-4-21-12-9(15)5-8(7-11(12)20-2)6-10-13(18)17-14(19)16-10/h1,5-7H,4H2,2H3,(H2,16,17,18,19)/b10-6+. The van der Waals surface area contributed by atoms with E-state index in [4.69, 9.17) is 15.9 Å². The Kier molecular flexibility index (Phi) is 4.09. The molecule has 1 saturated heterocycles. The van der Waals surface area contributed by atoms with Crippen molar-refractivity contribution in [3.05, 3.63) is 29.2 Å². The monoisotopic (exact) mass is 290 g/mol. The van der Waals surface area contributed by atoms with Gasteiger partial charge in [-0.1, -0.05) is 5.92 Å². The van der Waals surface area contributed by atoms with Gasteiger partial charge in [0.2, 0.25) is 0 Å². The number of amides is 3. The molecule has 3 amide bonds. The minimum absolute atomic E-state index is 0.0127. The summed E-state index contributed by atoms with van der Waals surface area (Å²) in [7, 11) is 1.35. The van der Waals surface area contributed by atoms with Gasteiger partial charge in [-0.2, -0.15) is 0 Å². The maximum absolute atomic E-state index is 14.0. The number of terminal acetylenes is 1. The number of ether oxygens (including phenoxy) is 2. The van der Waals surface area contributed by atoms with E-state index in [1.807, 2.05) is 5.32 Å². The van der Waals surface area contributed by atoms with Gasteiger partial charge < -0.3 is 14.8 Å². The van der Waals surface area contributed by atoms with Crippen LogP contribution in [0.5, 0.6) is 11.5 Å². The summed E-state index contributed by atoms with van der Waals surface area (Å²) in [4.78, 5) is 22.4. The van der Waals surface area contributed by atoms with Gasteiger partial charge in [-0.3, -0.25) is 10.1 Å².